The summed E-state index contributed by atoms with van der Waals surface area (Å²) in [6.07, 6.45) is 1.95. The molecule has 0 saturated carbocycles. The average molecular weight is 232 g/mol. The van der Waals surface area contributed by atoms with Crippen LogP contribution in [0.4, 0.5) is 0 Å². The lowest BCUT2D eigenvalue weighted by Gasteiger charge is -2.08. The molecular formula is C9H20O3Si2. The minimum Gasteiger partial charge on any atom is -0.463 e. The SMILES string of the molecule is C=C([SiH2]O[SiH](C)C)C(=O)OCCCC. The lowest BCUT2D eigenvalue weighted by Crippen LogP contribution is -2.19. The fraction of sp³-hybridized carbons (Fsp3) is 0.667. The van der Waals surface area contributed by atoms with Crippen molar-refractivity contribution < 1.29 is 13.6 Å². The molecule has 0 aliphatic heterocycles. The van der Waals surface area contributed by atoms with Gasteiger partial charge in [0.15, 0.2) is 18.8 Å². The molecule has 5 heteroatoms. The first-order valence-corrected chi connectivity index (χ1v) is 9.11. The summed E-state index contributed by atoms with van der Waals surface area (Å²) < 4.78 is 10.5. The number of rotatable bonds is 7. The van der Waals surface area contributed by atoms with Crippen LogP contribution in [0.15, 0.2) is 11.8 Å². The van der Waals surface area contributed by atoms with Crippen molar-refractivity contribution in [1.29, 1.82) is 0 Å². The number of carbonyl (C=O) groups excluding carboxylic acids is 1. The van der Waals surface area contributed by atoms with E-state index in [9.17, 15) is 4.79 Å². The fourth-order valence-corrected chi connectivity index (χ4v) is 3.10. The quantitative estimate of drug-likeness (QED) is 0.283. The van der Waals surface area contributed by atoms with Crippen molar-refractivity contribution in [3.05, 3.63) is 11.8 Å². The van der Waals surface area contributed by atoms with E-state index in [1.54, 1.807) is 0 Å². The molecule has 0 bridgehead atoms. The highest BCUT2D eigenvalue weighted by molar-refractivity contribution is 6.61. The Bertz CT molecular complexity index is 192. The van der Waals surface area contributed by atoms with Gasteiger partial charge in [0.2, 0.25) is 0 Å². The second-order valence-corrected chi connectivity index (χ2v) is 8.03. The number of ether oxygens (including phenoxy) is 1. The molecule has 0 aromatic heterocycles. The van der Waals surface area contributed by atoms with Gasteiger partial charge in [0.25, 0.3) is 0 Å². The zero-order valence-corrected chi connectivity index (χ0v) is 11.9. The Hall–Kier alpha value is -0.396. The summed E-state index contributed by atoms with van der Waals surface area (Å²) >= 11 is 0. The van der Waals surface area contributed by atoms with Crippen LogP contribution >= 0.6 is 0 Å². The summed E-state index contributed by atoms with van der Waals surface area (Å²) in [5, 5.41) is 0.558. The molecule has 82 valence electrons. The van der Waals surface area contributed by atoms with E-state index in [2.05, 4.69) is 26.6 Å². The third kappa shape index (κ3) is 7.05. The number of hydrogen-bond donors (Lipinski definition) is 0. The number of carbonyl (C=O) groups is 1. The van der Waals surface area contributed by atoms with Gasteiger partial charge in [-0.15, -0.1) is 0 Å². The first-order chi connectivity index (χ1) is 6.57. The van der Waals surface area contributed by atoms with Gasteiger partial charge in [-0.1, -0.05) is 19.9 Å². The standard InChI is InChI=1S/C9H20O3Si2/c1-5-6-7-11-9(10)8(2)13-12-14(3)4/h14H,2,5-7,13H2,1,3-4H3. The van der Waals surface area contributed by atoms with Gasteiger partial charge in [-0.25, -0.2) is 4.79 Å². The highest BCUT2D eigenvalue weighted by atomic mass is 28.3. The molecule has 0 amide bonds. The Kier molecular flexibility index (Phi) is 7.73. The van der Waals surface area contributed by atoms with Crippen LogP contribution in [0.2, 0.25) is 13.1 Å². The Morgan fingerprint density at radius 2 is 2.14 bits per heavy atom. The van der Waals surface area contributed by atoms with Crippen molar-refractivity contribution in [3.63, 3.8) is 0 Å². The maximum atomic E-state index is 11.3. The molecule has 0 heterocycles. The van der Waals surface area contributed by atoms with Gasteiger partial charge in [0.05, 0.1) is 6.61 Å². The summed E-state index contributed by atoms with van der Waals surface area (Å²) in [5.41, 5.74) is 0. The Morgan fingerprint density at radius 3 is 2.64 bits per heavy atom. The predicted octanol–water partition coefficient (Wildman–Crippen LogP) is 0.927. The smallest absolute Gasteiger partial charge is 0.331 e. The molecule has 0 aliphatic carbocycles. The predicted molar refractivity (Wildman–Crippen MR) is 63.5 cm³/mol. The monoisotopic (exact) mass is 232 g/mol. The van der Waals surface area contributed by atoms with E-state index in [0.29, 0.717) is 11.8 Å². The maximum absolute atomic E-state index is 11.3. The molecule has 0 rings (SSSR count). The molecule has 0 unspecified atom stereocenters. The maximum Gasteiger partial charge on any atom is 0.331 e. The minimum absolute atomic E-state index is 0.264. The Morgan fingerprint density at radius 1 is 1.50 bits per heavy atom. The van der Waals surface area contributed by atoms with Crippen molar-refractivity contribution in [2.24, 2.45) is 0 Å². The van der Waals surface area contributed by atoms with E-state index in [1.807, 2.05) is 0 Å². The van der Waals surface area contributed by atoms with Gasteiger partial charge in [0, 0.05) is 5.20 Å². The molecule has 0 radical (unpaired) electrons. The summed E-state index contributed by atoms with van der Waals surface area (Å²) in [4.78, 5) is 11.3. The highest BCUT2D eigenvalue weighted by Crippen LogP contribution is 1.97. The van der Waals surface area contributed by atoms with Crippen LogP contribution in [0, 0.1) is 0 Å². The zero-order chi connectivity index (χ0) is 11.0. The van der Waals surface area contributed by atoms with E-state index in [1.165, 1.54) is 0 Å². The molecular weight excluding hydrogens is 212 g/mol. The number of unbranched alkanes of at least 4 members (excludes halogenated alkanes) is 1. The molecule has 14 heavy (non-hydrogen) atoms. The van der Waals surface area contributed by atoms with E-state index < -0.39 is 18.8 Å². The van der Waals surface area contributed by atoms with Crippen LogP contribution in [0.1, 0.15) is 19.8 Å². The number of esters is 1. The summed E-state index contributed by atoms with van der Waals surface area (Å²) in [7, 11) is -1.91. The van der Waals surface area contributed by atoms with Crippen molar-refractivity contribution in [2.75, 3.05) is 6.61 Å². The molecule has 0 spiro atoms. The normalized spacial score (nSPS) is 11.1. The number of hydrogen-bond acceptors (Lipinski definition) is 3. The lowest BCUT2D eigenvalue weighted by molar-refractivity contribution is -0.138. The summed E-state index contributed by atoms with van der Waals surface area (Å²) in [6.45, 7) is 10.4. The van der Waals surface area contributed by atoms with E-state index in [0.717, 1.165) is 12.8 Å². The van der Waals surface area contributed by atoms with Gasteiger partial charge in [-0.05, 0) is 19.5 Å². The van der Waals surface area contributed by atoms with E-state index in [-0.39, 0.29) is 5.97 Å². The fourth-order valence-electron chi connectivity index (χ4n) is 0.737. The summed E-state index contributed by atoms with van der Waals surface area (Å²) in [5.74, 6) is -0.264. The lowest BCUT2D eigenvalue weighted by atomic mass is 10.4. The van der Waals surface area contributed by atoms with Crippen molar-refractivity contribution in [3.8, 4) is 0 Å². The van der Waals surface area contributed by atoms with Gasteiger partial charge < -0.3 is 8.85 Å². The topological polar surface area (TPSA) is 35.5 Å². The van der Waals surface area contributed by atoms with Crippen molar-refractivity contribution in [1.82, 2.24) is 0 Å². The van der Waals surface area contributed by atoms with Crippen LogP contribution in [0.25, 0.3) is 0 Å². The van der Waals surface area contributed by atoms with Crippen LogP contribution in [0.3, 0.4) is 0 Å². The second-order valence-electron chi connectivity index (χ2n) is 3.45. The van der Waals surface area contributed by atoms with Crippen LogP contribution in [-0.2, 0) is 13.6 Å². The van der Waals surface area contributed by atoms with Crippen molar-refractivity contribution >= 4 is 24.8 Å². The third-order valence-electron chi connectivity index (χ3n) is 1.61. The molecule has 0 saturated heterocycles. The van der Waals surface area contributed by atoms with Crippen LogP contribution in [0.5, 0.6) is 0 Å². The molecule has 0 fully saturated rings. The molecule has 0 aromatic carbocycles. The van der Waals surface area contributed by atoms with Gasteiger partial charge in [-0.2, -0.15) is 0 Å². The minimum atomic E-state index is -1.01. The first-order valence-electron chi connectivity index (χ1n) is 5.04. The first kappa shape index (κ1) is 13.6. The molecule has 0 atom stereocenters. The molecule has 0 aliphatic rings. The second kappa shape index (κ2) is 7.96. The zero-order valence-electron chi connectivity index (χ0n) is 9.34. The van der Waals surface area contributed by atoms with E-state index >= 15 is 0 Å². The van der Waals surface area contributed by atoms with Crippen molar-refractivity contribution in [2.45, 2.75) is 32.9 Å². The molecule has 3 nitrogen and oxygen atoms in total. The van der Waals surface area contributed by atoms with Crippen LogP contribution in [-0.4, -0.2) is 31.4 Å². The highest BCUT2D eigenvalue weighted by Gasteiger charge is 2.09. The Balaban J connectivity index is 3.60. The largest absolute Gasteiger partial charge is 0.463 e. The van der Waals surface area contributed by atoms with Gasteiger partial charge in [0.1, 0.15) is 0 Å². The Labute approximate surface area is 90.2 Å². The van der Waals surface area contributed by atoms with Gasteiger partial charge >= 0.3 is 5.97 Å². The molecule has 0 aromatic rings. The summed E-state index contributed by atoms with van der Waals surface area (Å²) in [6, 6.07) is 0. The average Bonchev–Trinajstić information content (AvgIpc) is 2.14. The van der Waals surface area contributed by atoms with Crippen LogP contribution < -0.4 is 0 Å². The molecule has 0 N–H and O–H groups in total. The van der Waals surface area contributed by atoms with Gasteiger partial charge in [-0.3, -0.25) is 0 Å². The van der Waals surface area contributed by atoms with E-state index in [4.69, 9.17) is 8.85 Å². The third-order valence-corrected chi connectivity index (χ3v) is 5.58.